The Balaban J connectivity index is 0.000000120. The van der Waals surface area contributed by atoms with Gasteiger partial charge in [0.25, 0.3) is 0 Å². The number of imidazole rings is 2. The zero-order valence-corrected chi connectivity index (χ0v) is 27.6. The number of fused-ring (bicyclic) bond motifs is 6. The van der Waals surface area contributed by atoms with Crippen molar-refractivity contribution in [3.63, 3.8) is 0 Å². The fraction of sp³-hybridized carbons (Fsp3) is 0.486. The second-order valence-corrected chi connectivity index (χ2v) is 15.1. The molecule has 6 fully saturated rings. The van der Waals surface area contributed by atoms with E-state index in [4.69, 9.17) is 17.3 Å². The number of carbonyl (C=O) groups excluding carboxylic acids is 2. The van der Waals surface area contributed by atoms with Gasteiger partial charge in [-0.2, -0.15) is 0 Å². The number of H-pyrrole nitrogens is 2. The number of hydrogen-bond acceptors (Lipinski definition) is 7. The highest BCUT2D eigenvalue weighted by molar-refractivity contribution is 6.63. The van der Waals surface area contributed by atoms with Gasteiger partial charge in [-0.25, -0.2) is 19.9 Å². The van der Waals surface area contributed by atoms with E-state index in [1.807, 2.05) is 44.4 Å². The molecule has 0 aromatic carbocycles. The van der Waals surface area contributed by atoms with E-state index in [1.165, 1.54) is 11.0 Å². The maximum absolute atomic E-state index is 12.0. The molecule has 244 valence electrons. The summed E-state index contributed by atoms with van der Waals surface area (Å²) in [5.74, 6) is 0.438. The molecule has 6 heterocycles. The van der Waals surface area contributed by atoms with Gasteiger partial charge in [-0.15, -0.1) is 0 Å². The molecule has 0 saturated heterocycles. The first kappa shape index (κ1) is 30.3. The van der Waals surface area contributed by atoms with Crippen LogP contribution in [0.2, 0.25) is 0 Å². The summed E-state index contributed by atoms with van der Waals surface area (Å²) in [6.45, 7) is 4.00. The fourth-order valence-corrected chi connectivity index (χ4v) is 9.36. The third-order valence-electron chi connectivity index (χ3n) is 10.9. The average Bonchev–Trinajstić information content (AvgIpc) is 3.77. The van der Waals surface area contributed by atoms with Crippen molar-refractivity contribution < 1.29 is 9.59 Å². The van der Waals surface area contributed by atoms with Crippen LogP contribution < -0.4 is 5.73 Å². The van der Waals surface area contributed by atoms with Crippen molar-refractivity contribution >= 4 is 66.8 Å². The van der Waals surface area contributed by atoms with Crippen molar-refractivity contribution in [3.8, 4) is 0 Å². The van der Waals surface area contributed by atoms with Gasteiger partial charge < -0.3 is 24.8 Å². The summed E-state index contributed by atoms with van der Waals surface area (Å²) in [6, 6.07) is 4.15. The molecule has 4 N–H and O–H groups in total. The smallest absolute Gasteiger partial charge is 0.221 e. The molecule has 0 aliphatic heterocycles. The third kappa shape index (κ3) is 4.72. The Morgan fingerprint density at radius 1 is 0.787 bits per heavy atom. The molecular formula is C35H40ClN9O2. The summed E-state index contributed by atoms with van der Waals surface area (Å²) in [6.07, 6.45) is 21.9. The van der Waals surface area contributed by atoms with Crippen LogP contribution in [0.1, 0.15) is 84.5 Å². The summed E-state index contributed by atoms with van der Waals surface area (Å²) < 4.78 is 4.68. The van der Waals surface area contributed by atoms with Crippen molar-refractivity contribution in [2.45, 2.75) is 101 Å². The van der Waals surface area contributed by atoms with E-state index in [1.54, 1.807) is 0 Å². The minimum Gasteiger partial charge on any atom is -0.346 e. The number of Topliss-reactive ketones (excluding diaryl/α,β-unsaturated/α-hetero) is 1. The maximum atomic E-state index is 12.0. The molecular weight excluding hydrogens is 614 g/mol. The lowest BCUT2D eigenvalue weighted by Crippen LogP contribution is -2.76. The average molecular weight is 654 g/mol. The fourth-order valence-electron chi connectivity index (χ4n) is 9.17. The van der Waals surface area contributed by atoms with Crippen LogP contribution in [0.4, 0.5) is 0 Å². The first-order valence-electron chi connectivity index (χ1n) is 16.7. The summed E-state index contributed by atoms with van der Waals surface area (Å²) in [5.41, 5.74) is 13.1. The molecule has 0 unspecified atom stereocenters. The molecule has 6 saturated carbocycles. The standard InChI is InChI=1S/C18H20N4O.C13H13N5.C4H7ClO/c1-2-3-12(23)6-17-8-18(9-17,10-17)22-11-21-14-7-20-16-13(15(14)22)4-5-19-16;14-12-4-13(5-12,6-12)18-7-17-9-3-16-11-8(10(9)18)1-2-15-11;1-2-3-4(5)6/h4-5,7,11H,2-3,6,8-10H2,1H3,(H,19,20);1-3,7H,4-6,14H2,(H,15,16);2-3H2,1H3. The van der Waals surface area contributed by atoms with Crippen LogP contribution in [0, 0.1) is 5.41 Å². The Kier molecular flexibility index (Phi) is 6.90. The highest BCUT2D eigenvalue weighted by Crippen LogP contribution is 2.73. The predicted molar refractivity (Wildman–Crippen MR) is 182 cm³/mol. The van der Waals surface area contributed by atoms with E-state index in [0.29, 0.717) is 12.2 Å². The van der Waals surface area contributed by atoms with Gasteiger partial charge in [0.15, 0.2) is 0 Å². The molecule has 0 amide bonds. The van der Waals surface area contributed by atoms with Gasteiger partial charge in [-0.1, -0.05) is 13.8 Å². The first-order valence-corrected chi connectivity index (χ1v) is 17.1. The third-order valence-corrected chi connectivity index (χ3v) is 11.1. The van der Waals surface area contributed by atoms with Gasteiger partial charge in [0.05, 0.1) is 41.6 Å². The van der Waals surface area contributed by atoms with E-state index < -0.39 is 0 Å². The minimum absolute atomic E-state index is 0.112. The number of aromatic amines is 2. The summed E-state index contributed by atoms with van der Waals surface area (Å²) >= 11 is 4.94. The number of rotatable bonds is 8. The van der Waals surface area contributed by atoms with Crippen LogP contribution in [-0.2, 0) is 20.7 Å². The maximum Gasteiger partial charge on any atom is 0.221 e. The molecule has 4 bridgehead atoms. The van der Waals surface area contributed by atoms with Gasteiger partial charge in [-0.3, -0.25) is 9.59 Å². The number of halogens is 1. The second kappa shape index (κ2) is 10.7. The van der Waals surface area contributed by atoms with Crippen molar-refractivity contribution in [3.05, 3.63) is 49.6 Å². The number of nitrogens with one attached hydrogen (secondary N) is 2. The Morgan fingerprint density at radius 2 is 1.28 bits per heavy atom. The van der Waals surface area contributed by atoms with E-state index in [9.17, 15) is 9.59 Å². The van der Waals surface area contributed by atoms with Crippen molar-refractivity contribution in [2.24, 2.45) is 11.1 Å². The van der Waals surface area contributed by atoms with E-state index >= 15 is 0 Å². The van der Waals surface area contributed by atoms with Crippen molar-refractivity contribution in [1.29, 1.82) is 0 Å². The van der Waals surface area contributed by atoms with Crippen molar-refractivity contribution in [1.82, 2.24) is 39.0 Å². The van der Waals surface area contributed by atoms with Crippen LogP contribution in [-0.4, -0.2) is 55.6 Å². The van der Waals surface area contributed by atoms with Crippen LogP contribution in [0.3, 0.4) is 0 Å². The zero-order chi connectivity index (χ0) is 32.6. The van der Waals surface area contributed by atoms with Gasteiger partial charge in [-0.05, 0) is 80.5 Å². The molecule has 12 rings (SSSR count). The highest BCUT2D eigenvalue weighted by Gasteiger charge is 2.69. The Morgan fingerprint density at radius 3 is 1.70 bits per heavy atom. The molecule has 0 radical (unpaired) electrons. The van der Waals surface area contributed by atoms with Gasteiger partial charge in [0.1, 0.15) is 28.1 Å². The molecule has 0 spiro atoms. The quantitative estimate of drug-likeness (QED) is 0.156. The van der Waals surface area contributed by atoms with Gasteiger partial charge in [0.2, 0.25) is 5.24 Å². The monoisotopic (exact) mass is 653 g/mol. The zero-order valence-electron chi connectivity index (χ0n) is 26.9. The van der Waals surface area contributed by atoms with Crippen molar-refractivity contribution in [2.75, 3.05) is 0 Å². The second-order valence-electron chi connectivity index (χ2n) is 14.6. The molecule has 12 heteroatoms. The van der Waals surface area contributed by atoms with Crippen LogP contribution in [0.15, 0.2) is 49.6 Å². The molecule has 6 aromatic rings. The number of aromatic nitrogens is 8. The number of pyridine rings is 2. The van der Waals surface area contributed by atoms with E-state index in [2.05, 4.69) is 58.1 Å². The number of nitrogens with two attached hydrogens (primary N) is 1. The van der Waals surface area contributed by atoms with E-state index in [-0.39, 0.29) is 27.3 Å². The molecule has 6 aromatic heterocycles. The number of hydrogen-bond donors (Lipinski definition) is 3. The predicted octanol–water partition coefficient (Wildman–Crippen LogP) is 6.61. The Hall–Kier alpha value is -4.09. The summed E-state index contributed by atoms with van der Waals surface area (Å²) in [5, 5.41) is 2.05. The van der Waals surface area contributed by atoms with Crippen LogP contribution in [0.25, 0.3) is 44.1 Å². The van der Waals surface area contributed by atoms with Crippen LogP contribution >= 0.6 is 11.6 Å². The summed E-state index contributed by atoms with van der Waals surface area (Å²) in [4.78, 5) is 46.0. The Labute approximate surface area is 276 Å². The molecule has 0 atom stereocenters. The Bertz CT molecular complexity index is 2130. The molecule has 47 heavy (non-hydrogen) atoms. The molecule has 6 aliphatic rings. The van der Waals surface area contributed by atoms with E-state index in [0.717, 1.165) is 97.3 Å². The lowest BCUT2D eigenvalue weighted by Gasteiger charge is -2.71. The lowest BCUT2D eigenvalue weighted by molar-refractivity contribution is -0.190. The number of ketones is 1. The largest absolute Gasteiger partial charge is 0.346 e. The molecule has 6 aliphatic carbocycles. The number of nitrogens with zero attached hydrogens (tertiary/aromatic N) is 6. The van der Waals surface area contributed by atoms with Gasteiger partial charge >= 0.3 is 0 Å². The molecule has 11 nitrogen and oxygen atoms in total. The SMILES string of the molecule is CCCC(=O)CC12CC(n3cnc4cnc5[nH]ccc5c43)(C1)C2.CCCC(=O)Cl.NC12CC(n3cnc4cnc5[nH]ccc5c43)(C1)C2. The minimum atomic E-state index is -0.238. The lowest BCUT2D eigenvalue weighted by atomic mass is 9.38. The topological polar surface area (TPSA) is 153 Å². The number of carbonyl (C=O) groups is 2. The van der Waals surface area contributed by atoms with Gasteiger partial charge in [0, 0.05) is 53.5 Å². The summed E-state index contributed by atoms with van der Waals surface area (Å²) in [7, 11) is 0. The first-order chi connectivity index (χ1) is 22.6. The van der Waals surface area contributed by atoms with Crippen LogP contribution in [0.5, 0.6) is 0 Å². The normalized spacial score (nSPS) is 28.0. The highest BCUT2D eigenvalue weighted by atomic mass is 35.5.